The number of nitrogens with zero attached hydrogens (tertiary/aromatic N) is 3. The van der Waals surface area contributed by atoms with E-state index in [9.17, 15) is 0 Å². The van der Waals surface area contributed by atoms with E-state index in [4.69, 9.17) is 5.73 Å². The summed E-state index contributed by atoms with van der Waals surface area (Å²) in [6, 6.07) is 12.0. The van der Waals surface area contributed by atoms with Crippen molar-refractivity contribution in [3.05, 3.63) is 47.7 Å². The normalized spacial score (nSPS) is 11.0. The number of anilines is 1. The van der Waals surface area contributed by atoms with Crippen LogP contribution in [0.5, 0.6) is 0 Å². The minimum absolute atomic E-state index is 0.645. The van der Waals surface area contributed by atoms with Crippen molar-refractivity contribution in [2.75, 3.05) is 5.73 Å². The topological polar surface area (TPSA) is 56.2 Å². The molecular weight excluding hydrogens is 224 g/mol. The van der Waals surface area contributed by atoms with Crippen LogP contribution in [0.1, 0.15) is 11.3 Å². The van der Waals surface area contributed by atoms with Crippen LogP contribution in [-0.4, -0.2) is 14.6 Å². The third kappa shape index (κ3) is 1.62. The summed E-state index contributed by atoms with van der Waals surface area (Å²) < 4.78 is 1.78. The van der Waals surface area contributed by atoms with Gasteiger partial charge in [0, 0.05) is 11.3 Å². The fourth-order valence-corrected chi connectivity index (χ4v) is 1.93. The second kappa shape index (κ2) is 3.84. The molecule has 0 saturated heterocycles. The summed E-state index contributed by atoms with van der Waals surface area (Å²) >= 11 is 0. The molecule has 0 unspecified atom stereocenters. The zero-order chi connectivity index (χ0) is 12.7. The van der Waals surface area contributed by atoms with E-state index in [0.29, 0.717) is 17.2 Å². The number of aryl methyl sites for hydroxylation is 2. The van der Waals surface area contributed by atoms with Gasteiger partial charge < -0.3 is 5.73 Å². The van der Waals surface area contributed by atoms with E-state index in [1.54, 1.807) is 4.52 Å². The minimum Gasteiger partial charge on any atom is -0.396 e. The maximum Gasteiger partial charge on any atom is 0.182 e. The van der Waals surface area contributed by atoms with Crippen molar-refractivity contribution in [1.82, 2.24) is 14.6 Å². The average Bonchev–Trinajstić information content (AvgIpc) is 2.81. The smallest absolute Gasteiger partial charge is 0.182 e. The molecule has 0 radical (unpaired) electrons. The average molecular weight is 238 g/mol. The van der Waals surface area contributed by atoms with Crippen LogP contribution in [-0.2, 0) is 0 Å². The number of nitrogen functional groups attached to an aromatic ring is 1. The van der Waals surface area contributed by atoms with Gasteiger partial charge in [0.1, 0.15) is 0 Å². The molecule has 2 heterocycles. The molecule has 0 saturated carbocycles. The molecule has 2 aromatic heterocycles. The van der Waals surface area contributed by atoms with Gasteiger partial charge in [0.15, 0.2) is 11.5 Å². The maximum atomic E-state index is 5.92. The Hall–Kier alpha value is -2.36. The van der Waals surface area contributed by atoms with Crippen molar-refractivity contribution in [1.29, 1.82) is 0 Å². The Morgan fingerprint density at radius 3 is 2.39 bits per heavy atom. The SMILES string of the molecule is Cc1ccc(-c2nc3c(N)ccc(C)n3n2)cc1. The molecule has 4 heteroatoms. The Balaban J connectivity index is 2.22. The van der Waals surface area contributed by atoms with Gasteiger partial charge in [-0.2, -0.15) is 0 Å². The summed E-state index contributed by atoms with van der Waals surface area (Å²) in [4.78, 5) is 4.50. The number of benzene rings is 1. The number of aromatic nitrogens is 3. The third-order valence-electron chi connectivity index (χ3n) is 3.01. The van der Waals surface area contributed by atoms with E-state index in [1.165, 1.54) is 5.56 Å². The molecule has 2 N–H and O–H groups in total. The number of rotatable bonds is 1. The first-order chi connectivity index (χ1) is 8.65. The molecule has 90 valence electrons. The van der Waals surface area contributed by atoms with Crippen molar-refractivity contribution in [3.8, 4) is 11.4 Å². The van der Waals surface area contributed by atoms with Crippen molar-refractivity contribution in [3.63, 3.8) is 0 Å². The molecule has 0 aliphatic rings. The molecule has 1 aromatic carbocycles. The first kappa shape index (κ1) is 10.8. The second-order valence-electron chi connectivity index (χ2n) is 4.47. The lowest BCUT2D eigenvalue weighted by molar-refractivity contribution is 0.920. The highest BCUT2D eigenvalue weighted by Crippen LogP contribution is 2.20. The second-order valence-corrected chi connectivity index (χ2v) is 4.47. The predicted octanol–water partition coefficient (Wildman–Crippen LogP) is 2.60. The standard InChI is InChI=1S/C14H14N4/c1-9-3-6-11(7-4-9)13-16-14-12(15)8-5-10(2)18(14)17-13/h3-8H,15H2,1-2H3. The van der Waals surface area contributed by atoms with Gasteiger partial charge in [0.25, 0.3) is 0 Å². The molecule has 0 fully saturated rings. The van der Waals surface area contributed by atoms with Crippen LogP contribution >= 0.6 is 0 Å². The Morgan fingerprint density at radius 1 is 1.00 bits per heavy atom. The molecule has 18 heavy (non-hydrogen) atoms. The summed E-state index contributed by atoms with van der Waals surface area (Å²) in [7, 11) is 0. The van der Waals surface area contributed by atoms with Crippen LogP contribution in [0.2, 0.25) is 0 Å². The molecule has 0 spiro atoms. The molecule has 4 nitrogen and oxygen atoms in total. The van der Waals surface area contributed by atoms with E-state index in [2.05, 4.69) is 29.1 Å². The summed E-state index contributed by atoms with van der Waals surface area (Å²) in [6.07, 6.45) is 0. The zero-order valence-electron chi connectivity index (χ0n) is 10.4. The van der Waals surface area contributed by atoms with E-state index < -0.39 is 0 Å². The zero-order valence-corrected chi connectivity index (χ0v) is 10.4. The number of nitrogens with two attached hydrogens (primary N) is 1. The van der Waals surface area contributed by atoms with Crippen LogP contribution in [0.25, 0.3) is 17.0 Å². The Bertz CT molecular complexity index is 671. The van der Waals surface area contributed by atoms with Crippen LogP contribution < -0.4 is 5.73 Å². The van der Waals surface area contributed by atoms with Crippen LogP contribution in [0.15, 0.2) is 36.4 Å². The third-order valence-corrected chi connectivity index (χ3v) is 3.01. The summed E-state index contributed by atoms with van der Waals surface area (Å²) in [5.74, 6) is 0.705. The van der Waals surface area contributed by atoms with E-state index in [1.807, 2.05) is 31.2 Å². The predicted molar refractivity (Wildman–Crippen MR) is 72.3 cm³/mol. The van der Waals surface area contributed by atoms with Gasteiger partial charge in [-0.25, -0.2) is 9.50 Å². The number of hydrogen-bond donors (Lipinski definition) is 1. The van der Waals surface area contributed by atoms with Gasteiger partial charge in [0.2, 0.25) is 0 Å². The lowest BCUT2D eigenvalue weighted by atomic mass is 10.1. The van der Waals surface area contributed by atoms with Gasteiger partial charge in [-0.15, -0.1) is 5.10 Å². The molecule has 3 rings (SSSR count). The summed E-state index contributed by atoms with van der Waals surface area (Å²) in [5.41, 5.74) is 10.5. The lowest BCUT2D eigenvalue weighted by Gasteiger charge is -1.98. The monoisotopic (exact) mass is 238 g/mol. The largest absolute Gasteiger partial charge is 0.396 e. The van der Waals surface area contributed by atoms with Gasteiger partial charge in [0.05, 0.1) is 5.69 Å². The fourth-order valence-electron chi connectivity index (χ4n) is 1.93. The number of hydrogen-bond acceptors (Lipinski definition) is 3. The van der Waals surface area contributed by atoms with E-state index in [-0.39, 0.29) is 0 Å². The summed E-state index contributed by atoms with van der Waals surface area (Å²) in [6.45, 7) is 4.04. The maximum absolute atomic E-state index is 5.92. The van der Waals surface area contributed by atoms with Gasteiger partial charge in [-0.05, 0) is 26.0 Å². The fraction of sp³-hybridized carbons (Fsp3) is 0.143. The van der Waals surface area contributed by atoms with Crippen molar-refractivity contribution in [2.24, 2.45) is 0 Å². The van der Waals surface area contributed by atoms with Gasteiger partial charge in [-0.3, -0.25) is 0 Å². The molecule has 0 bridgehead atoms. The van der Waals surface area contributed by atoms with E-state index >= 15 is 0 Å². The van der Waals surface area contributed by atoms with Gasteiger partial charge in [-0.1, -0.05) is 29.8 Å². The molecule has 0 aliphatic heterocycles. The Kier molecular flexibility index (Phi) is 2.30. The van der Waals surface area contributed by atoms with Crippen LogP contribution in [0.4, 0.5) is 5.69 Å². The first-order valence-corrected chi connectivity index (χ1v) is 5.84. The van der Waals surface area contributed by atoms with Gasteiger partial charge >= 0.3 is 0 Å². The minimum atomic E-state index is 0.645. The van der Waals surface area contributed by atoms with Crippen molar-refractivity contribution < 1.29 is 0 Å². The molecule has 0 amide bonds. The molecule has 0 atom stereocenters. The first-order valence-electron chi connectivity index (χ1n) is 5.84. The highest BCUT2D eigenvalue weighted by Gasteiger charge is 2.09. The molecule has 3 aromatic rings. The van der Waals surface area contributed by atoms with Crippen LogP contribution in [0.3, 0.4) is 0 Å². The number of pyridine rings is 1. The highest BCUT2D eigenvalue weighted by molar-refractivity contribution is 5.68. The summed E-state index contributed by atoms with van der Waals surface area (Å²) in [5, 5.41) is 4.50. The number of fused-ring (bicyclic) bond motifs is 1. The molecule has 0 aliphatic carbocycles. The van der Waals surface area contributed by atoms with Crippen molar-refractivity contribution >= 4 is 11.3 Å². The van der Waals surface area contributed by atoms with E-state index in [0.717, 1.165) is 11.3 Å². The molecular formula is C14H14N4. The Labute approximate surface area is 105 Å². The van der Waals surface area contributed by atoms with Crippen molar-refractivity contribution in [2.45, 2.75) is 13.8 Å². The quantitative estimate of drug-likeness (QED) is 0.709. The van der Waals surface area contributed by atoms with Crippen LogP contribution in [0, 0.1) is 13.8 Å². The lowest BCUT2D eigenvalue weighted by Crippen LogP contribution is -1.97. The Morgan fingerprint density at radius 2 is 1.72 bits per heavy atom. The highest BCUT2D eigenvalue weighted by atomic mass is 15.3.